The molecule has 4 nitrogen and oxygen atoms in total. The van der Waals surface area contributed by atoms with E-state index in [1.807, 2.05) is 12.1 Å². The summed E-state index contributed by atoms with van der Waals surface area (Å²) >= 11 is 9.70. The minimum Gasteiger partial charge on any atom is -0.493 e. The number of rotatable bonds is 10. The van der Waals surface area contributed by atoms with E-state index >= 15 is 0 Å². The van der Waals surface area contributed by atoms with Gasteiger partial charge in [-0.15, -0.1) is 0 Å². The van der Waals surface area contributed by atoms with Gasteiger partial charge in [-0.25, -0.2) is 4.39 Å². The maximum atomic E-state index is 13.2. The Hall–Kier alpha value is -1.34. The van der Waals surface area contributed by atoms with Crippen molar-refractivity contribution in [2.75, 3.05) is 34.3 Å². The van der Waals surface area contributed by atoms with Gasteiger partial charge in [0.05, 0.1) is 12.1 Å². The average molecular weight is 460 g/mol. The summed E-state index contributed by atoms with van der Waals surface area (Å²) in [5.74, 6) is 0.917. The van der Waals surface area contributed by atoms with E-state index < -0.39 is 0 Å². The van der Waals surface area contributed by atoms with Crippen LogP contribution >= 0.6 is 27.5 Å². The average Bonchev–Trinajstić information content (AvgIpc) is 2.62. The second-order valence-electron chi connectivity index (χ2n) is 6.42. The summed E-state index contributed by atoms with van der Waals surface area (Å²) in [7, 11) is 5.73. The largest absolute Gasteiger partial charge is 0.493 e. The first-order valence-corrected chi connectivity index (χ1v) is 9.87. The number of nitrogens with one attached hydrogen (secondary N) is 1. The molecule has 0 saturated carbocycles. The van der Waals surface area contributed by atoms with Crippen LogP contribution in [0.5, 0.6) is 11.5 Å². The third-order valence-electron chi connectivity index (χ3n) is 4.03. The van der Waals surface area contributed by atoms with Crippen molar-refractivity contribution in [1.82, 2.24) is 10.2 Å². The van der Waals surface area contributed by atoms with Crippen LogP contribution in [0.25, 0.3) is 0 Å². The summed E-state index contributed by atoms with van der Waals surface area (Å²) in [5, 5.41) is 3.78. The lowest BCUT2D eigenvalue weighted by Crippen LogP contribution is -2.21. The lowest BCUT2D eigenvalue weighted by Gasteiger charge is -2.18. The van der Waals surface area contributed by atoms with Crippen LogP contribution in [0, 0.1) is 5.82 Å². The van der Waals surface area contributed by atoms with Crippen molar-refractivity contribution >= 4 is 27.5 Å². The highest BCUT2D eigenvalue weighted by atomic mass is 79.9. The molecule has 0 bridgehead atoms. The molecule has 0 unspecified atom stereocenters. The normalized spacial score (nSPS) is 11.1. The maximum absolute atomic E-state index is 13.2. The van der Waals surface area contributed by atoms with Gasteiger partial charge in [0, 0.05) is 22.1 Å². The lowest BCUT2D eigenvalue weighted by atomic mass is 10.1. The fraction of sp³-hybridized carbons (Fsp3) is 0.400. The molecule has 27 heavy (non-hydrogen) atoms. The Kier molecular flexibility index (Phi) is 8.83. The second-order valence-corrected chi connectivity index (χ2v) is 7.68. The number of hydrogen-bond donors (Lipinski definition) is 1. The molecule has 2 aromatic rings. The molecule has 0 atom stereocenters. The topological polar surface area (TPSA) is 33.7 Å². The van der Waals surface area contributed by atoms with Crippen LogP contribution in [0.1, 0.15) is 17.5 Å². The Balaban J connectivity index is 2.11. The zero-order chi connectivity index (χ0) is 19.8. The summed E-state index contributed by atoms with van der Waals surface area (Å²) in [5.41, 5.74) is 1.68. The first-order valence-electron chi connectivity index (χ1n) is 8.70. The van der Waals surface area contributed by atoms with Gasteiger partial charge in [0.1, 0.15) is 12.4 Å². The number of hydrogen-bond acceptors (Lipinski definition) is 4. The summed E-state index contributed by atoms with van der Waals surface area (Å²) < 4.78 is 25.7. The van der Waals surface area contributed by atoms with Gasteiger partial charge in [0.25, 0.3) is 0 Å². The molecule has 0 saturated heterocycles. The minimum atomic E-state index is -0.369. The highest BCUT2D eigenvalue weighted by molar-refractivity contribution is 9.10. The van der Waals surface area contributed by atoms with Gasteiger partial charge in [-0.05, 0) is 57.9 Å². The monoisotopic (exact) mass is 458 g/mol. The van der Waals surface area contributed by atoms with E-state index in [9.17, 15) is 4.39 Å². The number of benzene rings is 2. The van der Waals surface area contributed by atoms with Crippen molar-refractivity contribution in [3.63, 3.8) is 0 Å². The summed E-state index contributed by atoms with van der Waals surface area (Å²) in [4.78, 5) is 2.16. The zero-order valence-electron chi connectivity index (χ0n) is 15.8. The molecule has 2 aromatic carbocycles. The molecular formula is C20H25BrClFN2O2. The Labute approximate surface area is 173 Å². The maximum Gasteiger partial charge on any atom is 0.167 e. The molecule has 0 spiro atoms. The summed E-state index contributed by atoms with van der Waals surface area (Å²) in [6.45, 7) is 2.78. The van der Waals surface area contributed by atoms with Crippen LogP contribution in [-0.4, -0.2) is 39.2 Å². The SMILES string of the molecule is COc1ccc(Br)c(CNCCCN(C)C)c1OCc1ccc(F)cc1Cl. The first-order chi connectivity index (χ1) is 12.9. The van der Waals surface area contributed by atoms with E-state index in [2.05, 4.69) is 40.2 Å². The van der Waals surface area contributed by atoms with Gasteiger partial charge >= 0.3 is 0 Å². The molecule has 2 rings (SSSR count). The number of ether oxygens (including phenoxy) is 2. The van der Waals surface area contributed by atoms with Gasteiger partial charge < -0.3 is 19.7 Å². The van der Waals surface area contributed by atoms with Crippen LogP contribution in [0.3, 0.4) is 0 Å². The quantitative estimate of drug-likeness (QED) is 0.514. The lowest BCUT2D eigenvalue weighted by molar-refractivity contribution is 0.280. The Morgan fingerprint density at radius 3 is 2.67 bits per heavy atom. The van der Waals surface area contributed by atoms with Crippen molar-refractivity contribution in [2.24, 2.45) is 0 Å². The molecule has 0 heterocycles. The third kappa shape index (κ3) is 6.64. The Bertz CT molecular complexity index is 759. The molecule has 0 amide bonds. The van der Waals surface area contributed by atoms with Gasteiger partial charge in [-0.1, -0.05) is 33.6 Å². The van der Waals surface area contributed by atoms with Crippen LogP contribution in [0.2, 0.25) is 5.02 Å². The summed E-state index contributed by atoms with van der Waals surface area (Å²) in [6, 6.07) is 8.07. The van der Waals surface area contributed by atoms with Crippen molar-refractivity contribution in [3.05, 3.63) is 56.8 Å². The van der Waals surface area contributed by atoms with Crippen LogP contribution < -0.4 is 14.8 Å². The van der Waals surface area contributed by atoms with Crippen LogP contribution in [0.15, 0.2) is 34.8 Å². The van der Waals surface area contributed by atoms with Gasteiger partial charge in [0.15, 0.2) is 11.5 Å². The summed E-state index contributed by atoms with van der Waals surface area (Å²) in [6.07, 6.45) is 1.05. The number of methoxy groups -OCH3 is 1. The van der Waals surface area contributed by atoms with Crippen molar-refractivity contribution in [3.8, 4) is 11.5 Å². The third-order valence-corrected chi connectivity index (χ3v) is 5.13. The van der Waals surface area contributed by atoms with E-state index in [1.54, 1.807) is 13.2 Å². The molecule has 0 aliphatic heterocycles. The molecule has 0 fully saturated rings. The number of nitrogens with zero attached hydrogens (tertiary/aromatic N) is 1. The van der Waals surface area contributed by atoms with E-state index in [4.69, 9.17) is 21.1 Å². The van der Waals surface area contributed by atoms with Gasteiger partial charge in [0.2, 0.25) is 0 Å². The minimum absolute atomic E-state index is 0.222. The molecule has 0 aliphatic carbocycles. The molecular weight excluding hydrogens is 435 g/mol. The molecule has 148 valence electrons. The standard InChI is InChI=1S/C20H25BrClFN2O2/c1-25(2)10-4-9-24-12-16-17(21)7-8-19(26-3)20(16)27-13-14-5-6-15(23)11-18(14)22/h5-8,11,24H,4,9-10,12-13H2,1-3H3. The van der Waals surface area contributed by atoms with E-state index in [0.29, 0.717) is 28.6 Å². The zero-order valence-corrected chi connectivity index (χ0v) is 18.2. The predicted octanol–water partition coefficient (Wildman–Crippen LogP) is 4.87. The Morgan fingerprint density at radius 1 is 1.22 bits per heavy atom. The molecule has 0 radical (unpaired) electrons. The van der Waals surface area contributed by atoms with Crippen molar-refractivity contribution < 1.29 is 13.9 Å². The fourth-order valence-corrected chi connectivity index (χ4v) is 3.26. The molecule has 1 N–H and O–H groups in total. The molecule has 7 heteroatoms. The number of halogens is 3. The molecule has 0 aliphatic rings. The highest BCUT2D eigenvalue weighted by Crippen LogP contribution is 2.37. The Morgan fingerprint density at radius 2 is 2.00 bits per heavy atom. The molecule has 0 aromatic heterocycles. The van der Waals surface area contributed by atoms with E-state index in [-0.39, 0.29) is 12.4 Å². The van der Waals surface area contributed by atoms with E-state index in [0.717, 1.165) is 29.5 Å². The van der Waals surface area contributed by atoms with Crippen molar-refractivity contribution in [1.29, 1.82) is 0 Å². The van der Waals surface area contributed by atoms with Gasteiger partial charge in [-0.3, -0.25) is 0 Å². The second kappa shape index (κ2) is 10.9. The predicted molar refractivity (Wildman–Crippen MR) is 111 cm³/mol. The van der Waals surface area contributed by atoms with Crippen molar-refractivity contribution in [2.45, 2.75) is 19.6 Å². The van der Waals surface area contributed by atoms with E-state index in [1.165, 1.54) is 12.1 Å². The first kappa shape index (κ1) is 22.0. The van der Waals surface area contributed by atoms with Gasteiger partial charge in [-0.2, -0.15) is 0 Å². The van der Waals surface area contributed by atoms with Crippen LogP contribution in [-0.2, 0) is 13.2 Å². The highest BCUT2D eigenvalue weighted by Gasteiger charge is 2.15. The van der Waals surface area contributed by atoms with Crippen LogP contribution in [0.4, 0.5) is 4.39 Å². The smallest absolute Gasteiger partial charge is 0.167 e. The fourth-order valence-electron chi connectivity index (χ4n) is 2.59.